The number of benzene rings is 1. The Morgan fingerprint density at radius 3 is 2.33 bits per heavy atom. The Bertz CT molecular complexity index is 397. The van der Waals surface area contributed by atoms with Crippen molar-refractivity contribution >= 4 is 0 Å². The van der Waals surface area contributed by atoms with Gasteiger partial charge in [-0.2, -0.15) is 0 Å². The molecule has 0 bridgehead atoms. The van der Waals surface area contributed by atoms with Crippen molar-refractivity contribution in [3.8, 4) is 0 Å². The molecular weight excluding hydrogens is 227 g/mol. The highest BCUT2D eigenvalue weighted by atomic mass is 19.1. The summed E-state index contributed by atoms with van der Waals surface area (Å²) in [6, 6.07) is 4.64. The van der Waals surface area contributed by atoms with Crippen molar-refractivity contribution in [3.63, 3.8) is 0 Å². The second-order valence-corrected chi connectivity index (χ2v) is 5.30. The molecule has 0 aliphatic carbocycles. The first-order valence-corrected chi connectivity index (χ1v) is 6.61. The highest BCUT2D eigenvalue weighted by molar-refractivity contribution is 5.31. The van der Waals surface area contributed by atoms with Gasteiger partial charge in [0.05, 0.1) is 0 Å². The van der Waals surface area contributed by atoms with Crippen LogP contribution in [0.1, 0.15) is 44.9 Å². The summed E-state index contributed by atoms with van der Waals surface area (Å²) in [5.74, 6) is -0.221. The minimum atomic E-state index is -0.221. The molecule has 2 nitrogen and oxygen atoms in total. The van der Waals surface area contributed by atoms with Crippen LogP contribution in [0.25, 0.3) is 0 Å². The summed E-state index contributed by atoms with van der Waals surface area (Å²) >= 11 is 0. The van der Waals surface area contributed by atoms with Gasteiger partial charge in [-0.05, 0) is 57.1 Å². The van der Waals surface area contributed by atoms with Crippen LogP contribution in [-0.4, -0.2) is 23.5 Å². The van der Waals surface area contributed by atoms with E-state index < -0.39 is 0 Å². The molecule has 1 rings (SSSR count). The van der Waals surface area contributed by atoms with Gasteiger partial charge >= 0.3 is 0 Å². The maximum atomic E-state index is 13.4. The average Bonchev–Trinajstić information content (AvgIpc) is 2.32. The summed E-state index contributed by atoms with van der Waals surface area (Å²) in [7, 11) is 0. The van der Waals surface area contributed by atoms with E-state index in [9.17, 15) is 4.39 Å². The molecule has 2 N–H and O–H groups in total. The largest absolute Gasteiger partial charge is 0.322 e. The monoisotopic (exact) mass is 252 g/mol. The van der Waals surface area contributed by atoms with Crippen molar-refractivity contribution < 1.29 is 4.39 Å². The number of likely N-dealkylation sites (N-methyl/N-ethyl adjacent to an activating group) is 1. The number of hydrogen-bond acceptors (Lipinski definition) is 2. The quantitative estimate of drug-likeness (QED) is 0.871. The predicted molar refractivity (Wildman–Crippen MR) is 75.1 cm³/mol. The highest BCUT2D eigenvalue weighted by Gasteiger charge is 2.33. The van der Waals surface area contributed by atoms with E-state index in [4.69, 9.17) is 5.73 Å². The Balaban J connectivity index is 3.12. The van der Waals surface area contributed by atoms with Crippen LogP contribution >= 0.6 is 0 Å². The molecule has 18 heavy (non-hydrogen) atoms. The molecule has 0 spiro atoms. The molecular formula is C15H25FN2. The van der Waals surface area contributed by atoms with Crippen LogP contribution in [-0.2, 0) is 0 Å². The maximum Gasteiger partial charge on any atom is 0.123 e. The first kappa shape index (κ1) is 15.1. The number of halogens is 1. The first-order chi connectivity index (χ1) is 8.34. The Morgan fingerprint density at radius 2 is 1.83 bits per heavy atom. The van der Waals surface area contributed by atoms with Gasteiger partial charge in [0.15, 0.2) is 0 Å². The molecule has 1 aromatic carbocycles. The van der Waals surface area contributed by atoms with Crippen molar-refractivity contribution in [1.82, 2.24) is 4.90 Å². The number of rotatable bonds is 5. The Hall–Kier alpha value is -0.930. The van der Waals surface area contributed by atoms with Crippen LogP contribution in [0.5, 0.6) is 0 Å². The minimum absolute atomic E-state index is 0.192. The number of hydrogen-bond donors (Lipinski definition) is 1. The Kier molecular flexibility index (Phi) is 4.88. The molecule has 1 aromatic rings. The molecule has 102 valence electrons. The fourth-order valence-corrected chi connectivity index (χ4v) is 2.56. The second-order valence-electron chi connectivity index (χ2n) is 5.30. The topological polar surface area (TPSA) is 29.3 Å². The van der Waals surface area contributed by atoms with Crippen molar-refractivity contribution in [2.45, 2.75) is 46.2 Å². The van der Waals surface area contributed by atoms with E-state index in [-0.39, 0.29) is 17.4 Å². The van der Waals surface area contributed by atoms with E-state index in [0.717, 1.165) is 24.2 Å². The molecule has 0 aromatic heterocycles. The standard InChI is InChI=1S/C15H25FN2/c1-6-18(7-2)15(4,5)14(17)13-10-12(16)9-8-11(13)3/h8-10,14H,6-7,17H2,1-5H3. The fraction of sp³-hybridized carbons (Fsp3) is 0.600. The van der Waals surface area contributed by atoms with Crippen LogP contribution in [0.15, 0.2) is 18.2 Å². The summed E-state index contributed by atoms with van der Waals surface area (Å²) in [6.45, 7) is 12.3. The van der Waals surface area contributed by atoms with Crippen molar-refractivity contribution in [2.75, 3.05) is 13.1 Å². The van der Waals surface area contributed by atoms with Gasteiger partial charge in [0.1, 0.15) is 5.82 Å². The molecule has 0 fully saturated rings. The van der Waals surface area contributed by atoms with Gasteiger partial charge < -0.3 is 5.73 Å². The Morgan fingerprint density at radius 1 is 1.28 bits per heavy atom. The number of aryl methyl sites for hydroxylation is 1. The van der Waals surface area contributed by atoms with Crippen LogP contribution < -0.4 is 5.73 Å². The fourth-order valence-electron chi connectivity index (χ4n) is 2.56. The molecule has 0 heterocycles. The van der Waals surface area contributed by atoms with Gasteiger partial charge in [0.25, 0.3) is 0 Å². The highest BCUT2D eigenvalue weighted by Crippen LogP contribution is 2.31. The molecule has 0 aliphatic heterocycles. The molecule has 0 aliphatic rings. The van der Waals surface area contributed by atoms with E-state index in [0.29, 0.717) is 0 Å². The first-order valence-electron chi connectivity index (χ1n) is 6.61. The van der Waals surface area contributed by atoms with Gasteiger partial charge in [0.2, 0.25) is 0 Å². The average molecular weight is 252 g/mol. The van der Waals surface area contributed by atoms with E-state index in [1.165, 1.54) is 6.07 Å². The molecule has 0 radical (unpaired) electrons. The lowest BCUT2D eigenvalue weighted by Gasteiger charge is -2.42. The van der Waals surface area contributed by atoms with E-state index in [2.05, 4.69) is 32.6 Å². The third-order valence-corrected chi connectivity index (χ3v) is 3.92. The van der Waals surface area contributed by atoms with Gasteiger partial charge in [-0.1, -0.05) is 19.9 Å². The summed E-state index contributed by atoms with van der Waals surface area (Å²) < 4.78 is 13.4. The zero-order valence-electron chi connectivity index (χ0n) is 12.1. The molecule has 1 unspecified atom stereocenters. The second kappa shape index (κ2) is 5.81. The predicted octanol–water partition coefficient (Wildman–Crippen LogP) is 3.25. The van der Waals surface area contributed by atoms with Crippen molar-refractivity contribution in [1.29, 1.82) is 0 Å². The van der Waals surface area contributed by atoms with Gasteiger partial charge in [-0.15, -0.1) is 0 Å². The molecule has 0 saturated heterocycles. The smallest absolute Gasteiger partial charge is 0.123 e. The van der Waals surface area contributed by atoms with Gasteiger partial charge in [0, 0.05) is 11.6 Å². The zero-order valence-corrected chi connectivity index (χ0v) is 12.1. The van der Waals surface area contributed by atoms with Crippen molar-refractivity contribution in [3.05, 3.63) is 35.1 Å². The van der Waals surface area contributed by atoms with Crippen LogP contribution in [0.3, 0.4) is 0 Å². The van der Waals surface area contributed by atoms with E-state index in [1.807, 2.05) is 6.92 Å². The van der Waals surface area contributed by atoms with Gasteiger partial charge in [-0.3, -0.25) is 4.90 Å². The van der Waals surface area contributed by atoms with Crippen LogP contribution in [0, 0.1) is 12.7 Å². The summed E-state index contributed by atoms with van der Waals surface area (Å²) in [4.78, 5) is 2.31. The number of nitrogens with zero attached hydrogens (tertiary/aromatic N) is 1. The number of nitrogens with two attached hydrogens (primary N) is 1. The zero-order chi connectivity index (χ0) is 13.9. The summed E-state index contributed by atoms with van der Waals surface area (Å²) in [6.07, 6.45) is 0. The maximum absolute atomic E-state index is 13.4. The van der Waals surface area contributed by atoms with Crippen LogP contribution in [0.4, 0.5) is 4.39 Å². The van der Waals surface area contributed by atoms with E-state index in [1.54, 1.807) is 12.1 Å². The minimum Gasteiger partial charge on any atom is -0.322 e. The lowest BCUT2D eigenvalue weighted by atomic mass is 9.85. The lowest BCUT2D eigenvalue weighted by Crippen LogP contribution is -2.51. The molecule has 1 atom stereocenters. The van der Waals surface area contributed by atoms with E-state index >= 15 is 0 Å². The lowest BCUT2D eigenvalue weighted by molar-refractivity contribution is 0.106. The molecule has 3 heteroatoms. The van der Waals surface area contributed by atoms with Crippen molar-refractivity contribution in [2.24, 2.45) is 5.73 Å². The molecule has 0 amide bonds. The molecule has 0 saturated carbocycles. The normalized spacial score (nSPS) is 14.0. The third kappa shape index (κ3) is 2.90. The third-order valence-electron chi connectivity index (χ3n) is 3.92. The summed E-state index contributed by atoms with van der Waals surface area (Å²) in [5, 5.41) is 0. The van der Waals surface area contributed by atoms with Crippen LogP contribution in [0.2, 0.25) is 0 Å². The van der Waals surface area contributed by atoms with Gasteiger partial charge in [-0.25, -0.2) is 4.39 Å². The summed E-state index contributed by atoms with van der Waals surface area (Å²) in [5.41, 5.74) is 8.13. The SMILES string of the molecule is CCN(CC)C(C)(C)C(N)c1cc(F)ccc1C. The Labute approximate surface area is 110 Å².